The van der Waals surface area contributed by atoms with Crippen LogP contribution >= 0.6 is 8.38 Å². The van der Waals surface area contributed by atoms with Gasteiger partial charge in [-0.3, -0.25) is 0 Å². The van der Waals surface area contributed by atoms with Crippen LogP contribution in [0.1, 0.15) is 31.2 Å². The van der Waals surface area contributed by atoms with Crippen molar-refractivity contribution in [3.63, 3.8) is 0 Å². The van der Waals surface area contributed by atoms with Gasteiger partial charge in [0.25, 0.3) is 0 Å². The molecule has 10 nitrogen and oxygen atoms in total. The molecule has 0 saturated carbocycles. The number of benzene rings is 1. The lowest BCUT2D eigenvalue weighted by Crippen LogP contribution is -2.59. The Morgan fingerprint density at radius 2 is 1.97 bits per heavy atom. The number of carbonyl (C=O) groups is 1. The summed E-state index contributed by atoms with van der Waals surface area (Å²) in [4.78, 5) is 30.2. The van der Waals surface area contributed by atoms with Crippen LogP contribution in [0.25, 0.3) is 0 Å². The van der Waals surface area contributed by atoms with Crippen LogP contribution in [-0.4, -0.2) is 74.6 Å². The highest BCUT2D eigenvalue weighted by molar-refractivity contribution is 7.45. The standard InChI is InChI=1S/C21H31N2O8P/c1-3-4-5-6-10-22-21(27)23-15-8-7-14(12-13(15)2)30-20-19(26)18(25)17(24)16(31-20)9-11-32(28)29/h1,7-8,12,16-20,24-26,28-29H,4-6,9-11H2,2H3,(H2,22,23,27)/t16-,17-,18?,19?,20+/m1/s1. The van der Waals surface area contributed by atoms with Crippen LogP contribution in [-0.2, 0) is 4.74 Å². The van der Waals surface area contributed by atoms with Crippen molar-refractivity contribution >= 4 is 20.1 Å². The fourth-order valence-electron chi connectivity index (χ4n) is 3.20. The average molecular weight is 470 g/mol. The Labute approximate surface area is 188 Å². The molecule has 5 atom stereocenters. The maximum atomic E-state index is 12.0. The van der Waals surface area contributed by atoms with Crippen molar-refractivity contribution in [2.45, 2.75) is 63.3 Å². The van der Waals surface area contributed by atoms with Gasteiger partial charge in [0.15, 0.2) is 8.38 Å². The van der Waals surface area contributed by atoms with Crippen LogP contribution in [0.2, 0.25) is 0 Å². The third kappa shape index (κ3) is 7.87. The molecular formula is C21H31N2O8P. The summed E-state index contributed by atoms with van der Waals surface area (Å²) in [5, 5.41) is 35.9. The molecule has 1 aromatic carbocycles. The molecule has 1 aliphatic heterocycles. The number of amides is 2. The number of nitrogens with one attached hydrogen (secondary N) is 2. The summed E-state index contributed by atoms with van der Waals surface area (Å²) in [7, 11) is -2.18. The van der Waals surface area contributed by atoms with Crippen molar-refractivity contribution in [3.8, 4) is 18.1 Å². The van der Waals surface area contributed by atoms with Gasteiger partial charge in [-0.25, -0.2) is 4.79 Å². The smallest absolute Gasteiger partial charge is 0.319 e. The quantitative estimate of drug-likeness (QED) is 0.150. The average Bonchev–Trinajstić information content (AvgIpc) is 2.75. The fraction of sp³-hybridized carbons (Fsp3) is 0.571. The van der Waals surface area contributed by atoms with Gasteiger partial charge >= 0.3 is 6.03 Å². The van der Waals surface area contributed by atoms with Crippen molar-refractivity contribution in [3.05, 3.63) is 23.8 Å². The van der Waals surface area contributed by atoms with Gasteiger partial charge in [0.1, 0.15) is 24.1 Å². The van der Waals surface area contributed by atoms with E-state index in [4.69, 9.17) is 25.7 Å². The lowest BCUT2D eigenvalue weighted by Gasteiger charge is -2.40. The number of urea groups is 1. The van der Waals surface area contributed by atoms with Crippen molar-refractivity contribution in [1.82, 2.24) is 5.32 Å². The molecule has 0 spiro atoms. The maximum Gasteiger partial charge on any atom is 0.319 e. The molecule has 7 N–H and O–H groups in total. The summed E-state index contributed by atoms with van der Waals surface area (Å²) in [6, 6.07) is 4.48. The summed E-state index contributed by atoms with van der Waals surface area (Å²) in [5.41, 5.74) is 1.26. The summed E-state index contributed by atoms with van der Waals surface area (Å²) >= 11 is 0. The number of aliphatic hydroxyl groups is 3. The summed E-state index contributed by atoms with van der Waals surface area (Å²) in [5.74, 6) is 2.87. The van der Waals surface area contributed by atoms with E-state index in [9.17, 15) is 20.1 Å². The summed E-state index contributed by atoms with van der Waals surface area (Å²) < 4.78 is 11.2. The van der Waals surface area contributed by atoms with E-state index in [1.165, 1.54) is 0 Å². The van der Waals surface area contributed by atoms with Crippen LogP contribution in [0.5, 0.6) is 5.75 Å². The Hall–Kier alpha value is -1.96. The first-order chi connectivity index (χ1) is 15.2. The predicted octanol–water partition coefficient (Wildman–Crippen LogP) is 0.793. The first-order valence-corrected chi connectivity index (χ1v) is 11.8. The minimum atomic E-state index is -2.18. The highest BCUT2D eigenvalue weighted by atomic mass is 31.2. The maximum absolute atomic E-state index is 12.0. The minimum Gasteiger partial charge on any atom is -0.462 e. The normalized spacial score (nSPS) is 25.2. The number of anilines is 1. The van der Waals surface area contributed by atoms with E-state index in [2.05, 4.69) is 16.6 Å². The number of aliphatic hydroxyl groups excluding tert-OH is 3. The van der Waals surface area contributed by atoms with E-state index in [0.29, 0.717) is 30.0 Å². The molecular weight excluding hydrogens is 439 g/mol. The molecule has 2 amide bonds. The Bertz CT molecular complexity index is 788. The van der Waals surface area contributed by atoms with E-state index in [1.807, 2.05) is 0 Å². The van der Waals surface area contributed by atoms with Crippen LogP contribution in [0.4, 0.5) is 10.5 Å². The van der Waals surface area contributed by atoms with Gasteiger partial charge in [-0.15, -0.1) is 12.3 Å². The molecule has 1 saturated heterocycles. The zero-order valence-corrected chi connectivity index (χ0v) is 18.7. The van der Waals surface area contributed by atoms with Crippen molar-refractivity contribution < 1.29 is 39.4 Å². The number of unbranched alkanes of at least 4 members (excludes halogenated alkanes) is 2. The van der Waals surface area contributed by atoms with Crippen molar-refractivity contribution in [2.24, 2.45) is 0 Å². The number of rotatable bonds is 10. The number of hydrogen-bond donors (Lipinski definition) is 7. The van der Waals surface area contributed by atoms with Gasteiger partial charge in [-0.2, -0.15) is 0 Å². The second kappa shape index (κ2) is 12.9. The number of hydrogen-bond acceptors (Lipinski definition) is 8. The van der Waals surface area contributed by atoms with Gasteiger partial charge in [0.05, 0.1) is 6.10 Å². The van der Waals surface area contributed by atoms with E-state index in [0.717, 1.165) is 12.8 Å². The van der Waals surface area contributed by atoms with Crippen molar-refractivity contribution in [1.29, 1.82) is 0 Å². The van der Waals surface area contributed by atoms with Crippen LogP contribution in [0.15, 0.2) is 18.2 Å². The van der Waals surface area contributed by atoms with Crippen LogP contribution in [0.3, 0.4) is 0 Å². The van der Waals surface area contributed by atoms with Gasteiger partial charge in [0, 0.05) is 24.8 Å². The van der Waals surface area contributed by atoms with Gasteiger partial charge in [-0.1, -0.05) is 0 Å². The molecule has 0 bridgehead atoms. The third-order valence-electron chi connectivity index (χ3n) is 5.01. The second-order valence-electron chi connectivity index (χ2n) is 7.54. The van der Waals surface area contributed by atoms with E-state index in [1.54, 1.807) is 25.1 Å². The molecule has 1 aliphatic rings. The van der Waals surface area contributed by atoms with E-state index < -0.39 is 39.1 Å². The van der Waals surface area contributed by atoms with E-state index >= 15 is 0 Å². The molecule has 0 radical (unpaired) electrons. The highest BCUT2D eigenvalue weighted by Gasteiger charge is 2.44. The first kappa shape index (κ1) is 26.3. The SMILES string of the molecule is C#CCCCCNC(=O)Nc1ccc(O[C@H]2O[C@H](CCP(O)O)[C@@H](O)C(O)C2O)cc1C. The Morgan fingerprint density at radius 3 is 2.62 bits per heavy atom. The van der Waals surface area contributed by atoms with Crippen LogP contribution in [0, 0.1) is 19.3 Å². The van der Waals surface area contributed by atoms with Gasteiger partial charge in [-0.05, 0) is 49.9 Å². The zero-order chi connectivity index (χ0) is 23.7. The minimum absolute atomic E-state index is 0.0158. The Morgan fingerprint density at radius 1 is 1.22 bits per heavy atom. The molecule has 2 rings (SSSR count). The lowest BCUT2D eigenvalue weighted by atomic mass is 9.97. The summed E-state index contributed by atoms with van der Waals surface area (Å²) in [6.07, 6.45) is 0.912. The predicted molar refractivity (Wildman–Crippen MR) is 119 cm³/mol. The molecule has 1 fully saturated rings. The second-order valence-corrected chi connectivity index (χ2v) is 8.73. The first-order valence-electron chi connectivity index (χ1n) is 10.3. The molecule has 32 heavy (non-hydrogen) atoms. The molecule has 11 heteroatoms. The van der Waals surface area contributed by atoms with Gasteiger partial charge in [0.2, 0.25) is 6.29 Å². The topological polar surface area (TPSA) is 161 Å². The number of carbonyl (C=O) groups excluding carboxylic acids is 1. The fourth-order valence-corrected chi connectivity index (χ4v) is 3.68. The molecule has 2 unspecified atom stereocenters. The number of aryl methyl sites for hydroxylation is 1. The zero-order valence-electron chi connectivity index (χ0n) is 17.8. The lowest BCUT2D eigenvalue weighted by molar-refractivity contribution is -0.272. The largest absolute Gasteiger partial charge is 0.462 e. The molecule has 178 valence electrons. The van der Waals surface area contributed by atoms with Crippen LogP contribution < -0.4 is 15.4 Å². The highest BCUT2D eigenvalue weighted by Crippen LogP contribution is 2.31. The molecule has 1 heterocycles. The number of terminal acetylenes is 1. The van der Waals surface area contributed by atoms with Gasteiger partial charge < -0.3 is 45.2 Å². The molecule has 1 aromatic rings. The Kier molecular flexibility index (Phi) is 10.6. The van der Waals surface area contributed by atoms with Crippen molar-refractivity contribution in [2.75, 3.05) is 18.0 Å². The van der Waals surface area contributed by atoms with E-state index in [-0.39, 0.29) is 18.6 Å². The molecule has 0 aliphatic carbocycles. The third-order valence-corrected chi connectivity index (χ3v) is 5.67. The number of ether oxygens (including phenoxy) is 2. The Balaban J connectivity index is 1.94. The molecule has 0 aromatic heterocycles. The monoisotopic (exact) mass is 470 g/mol. The summed E-state index contributed by atoms with van der Waals surface area (Å²) in [6.45, 7) is 2.27.